The van der Waals surface area contributed by atoms with Crippen LogP contribution in [0.15, 0.2) is 35.1 Å². The third-order valence-corrected chi connectivity index (χ3v) is 5.34. The van der Waals surface area contributed by atoms with Gasteiger partial charge in [0, 0.05) is 23.5 Å². The van der Waals surface area contributed by atoms with E-state index < -0.39 is 0 Å². The van der Waals surface area contributed by atoms with Gasteiger partial charge in [0.25, 0.3) is 0 Å². The molecular formula is C21H21N3O6. The third-order valence-electron chi connectivity index (χ3n) is 5.34. The van der Waals surface area contributed by atoms with Crippen LogP contribution in [0, 0.1) is 0 Å². The lowest BCUT2D eigenvalue weighted by Crippen LogP contribution is -2.25. The Morgan fingerprint density at radius 2 is 2.03 bits per heavy atom. The fourth-order valence-electron chi connectivity index (χ4n) is 4.01. The molecule has 9 heteroatoms. The smallest absolute Gasteiger partial charge is 0.226 e. The summed E-state index contributed by atoms with van der Waals surface area (Å²) in [7, 11) is 3.15. The van der Waals surface area contributed by atoms with Crippen LogP contribution in [-0.4, -0.2) is 43.1 Å². The molecule has 0 bridgehead atoms. The van der Waals surface area contributed by atoms with Crippen molar-refractivity contribution in [2.75, 3.05) is 32.8 Å². The van der Waals surface area contributed by atoms with E-state index in [0.717, 1.165) is 16.9 Å². The van der Waals surface area contributed by atoms with Crippen molar-refractivity contribution in [3.05, 3.63) is 47.5 Å². The number of methoxy groups -OCH3 is 2. The van der Waals surface area contributed by atoms with Crippen LogP contribution in [0.5, 0.6) is 23.0 Å². The Morgan fingerprint density at radius 1 is 1.20 bits per heavy atom. The Balaban J connectivity index is 1.62. The summed E-state index contributed by atoms with van der Waals surface area (Å²) in [4.78, 5) is 12.6. The highest BCUT2D eigenvalue weighted by atomic mass is 16.6. The van der Waals surface area contributed by atoms with E-state index in [2.05, 4.69) is 10.4 Å². The Kier molecular flexibility index (Phi) is 4.50. The van der Waals surface area contributed by atoms with Crippen molar-refractivity contribution in [1.29, 1.82) is 0 Å². The Labute approximate surface area is 172 Å². The maximum atomic E-state index is 12.6. The van der Waals surface area contributed by atoms with Gasteiger partial charge in [-0.25, -0.2) is 4.68 Å². The highest BCUT2D eigenvalue weighted by molar-refractivity contribution is 5.94. The van der Waals surface area contributed by atoms with Gasteiger partial charge in [0.2, 0.25) is 17.4 Å². The molecule has 1 amide bonds. The summed E-state index contributed by atoms with van der Waals surface area (Å²) >= 11 is 0. The summed E-state index contributed by atoms with van der Waals surface area (Å²) in [6.07, 6.45) is 3.63. The molecule has 0 saturated heterocycles. The molecule has 0 spiro atoms. The van der Waals surface area contributed by atoms with Crippen LogP contribution in [0.3, 0.4) is 0 Å². The Morgan fingerprint density at radius 3 is 2.77 bits per heavy atom. The lowest BCUT2D eigenvalue weighted by Gasteiger charge is -2.29. The highest BCUT2D eigenvalue weighted by Gasteiger charge is 2.35. The fraction of sp³-hybridized carbons (Fsp3) is 0.333. The molecule has 0 fully saturated rings. The predicted octanol–water partition coefficient (Wildman–Crippen LogP) is 2.79. The summed E-state index contributed by atoms with van der Waals surface area (Å²) in [5.41, 5.74) is 1.67. The van der Waals surface area contributed by atoms with Crippen molar-refractivity contribution in [2.45, 2.75) is 18.9 Å². The van der Waals surface area contributed by atoms with Gasteiger partial charge in [-0.15, -0.1) is 0 Å². The standard InChI is InChI=1S/C21H21N3O6/c1-26-16-8-14(18(27-2)20-19(16)29-6-7-30-20)13-9-17(25)23-21-15(13)10-22-24(21)11-12-4-3-5-28-12/h3-5,8,10,13H,6-7,9,11H2,1-2H3,(H,23,25)/t13-/m0/s1. The number of nitrogens with one attached hydrogen (secondary N) is 1. The number of hydrogen-bond donors (Lipinski definition) is 1. The van der Waals surface area contributed by atoms with Crippen LogP contribution < -0.4 is 24.3 Å². The molecule has 2 aliphatic rings. The molecule has 156 valence electrons. The Bertz CT molecular complexity index is 1090. The van der Waals surface area contributed by atoms with E-state index in [4.69, 9.17) is 23.4 Å². The first-order chi connectivity index (χ1) is 14.7. The lowest BCUT2D eigenvalue weighted by molar-refractivity contribution is -0.116. The molecule has 0 unspecified atom stereocenters. The maximum Gasteiger partial charge on any atom is 0.226 e. The van der Waals surface area contributed by atoms with Crippen LogP contribution >= 0.6 is 0 Å². The normalized spacial score (nSPS) is 17.3. The molecule has 0 saturated carbocycles. The molecule has 9 nitrogen and oxygen atoms in total. The zero-order chi connectivity index (χ0) is 20.7. The number of carbonyl (C=O) groups is 1. The number of amides is 1. The Hall–Kier alpha value is -3.62. The van der Waals surface area contributed by atoms with Crippen LogP contribution in [-0.2, 0) is 11.3 Å². The lowest BCUT2D eigenvalue weighted by atomic mass is 9.86. The van der Waals surface area contributed by atoms with Crippen LogP contribution in [0.2, 0.25) is 0 Å². The molecule has 1 aromatic carbocycles. The molecule has 4 heterocycles. The van der Waals surface area contributed by atoms with E-state index >= 15 is 0 Å². The van der Waals surface area contributed by atoms with E-state index in [9.17, 15) is 4.79 Å². The van der Waals surface area contributed by atoms with Gasteiger partial charge in [-0.2, -0.15) is 5.10 Å². The summed E-state index contributed by atoms with van der Waals surface area (Å²) < 4.78 is 30.0. The minimum Gasteiger partial charge on any atom is -0.493 e. The number of benzene rings is 1. The van der Waals surface area contributed by atoms with Gasteiger partial charge in [0.05, 0.1) is 26.7 Å². The van der Waals surface area contributed by atoms with Crippen LogP contribution in [0.4, 0.5) is 5.82 Å². The molecule has 2 aromatic heterocycles. The molecule has 2 aliphatic heterocycles. The number of aromatic nitrogens is 2. The number of rotatable bonds is 5. The van der Waals surface area contributed by atoms with E-state index in [0.29, 0.717) is 48.6 Å². The fourth-order valence-corrected chi connectivity index (χ4v) is 4.01. The van der Waals surface area contributed by atoms with E-state index in [1.54, 1.807) is 31.4 Å². The van der Waals surface area contributed by atoms with Gasteiger partial charge in [0.15, 0.2) is 11.5 Å². The van der Waals surface area contributed by atoms with Crippen molar-refractivity contribution in [3.8, 4) is 23.0 Å². The second kappa shape index (κ2) is 7.33. The zero-order valence-electron chi connectivity index (χ0n) is 16.6. The number of fused-ring (bicyclic) bond motifs is 2. The quantitative estimate of drug-likeness (QED) is 0.689. The first kappa shape index (κ1) is 18.4. The number of nitrogens with zero attached hydrogens (tertiary/aromatic N) is 2. The summed E-state index contributed by atoms with van der Waals surface area (Å²) in [5.74, 6) is 3.08. The third kappa shape index (κ3) is 2.94. The first-order valence-electron chi connectivity index (χ1n) is 9.62. The van der Waals surface area contributed by atoms with Gasteiger partial charge >= 0.3 is 0 Å². The minimum absolute atomic E-state index is 0.107. The van der Waals surface area contributed by atoms with E-state index in [1.165, 1.54) is 0 Å². The summed E-state index contributed by atoms with van der Waals surface area (Å²) in [6.45, 7) is 1.26. The first-order valence-corrected chi connectivity index (χ1v) is 9.62. The topological polar surface area (TPSA) is 97.0 Å². The van der Waals surface area contributed by atoms with Crippen molar-refractivity contribution in [1.82, 2.24) is 9.78 Å². The number of carbonyl (C=O) groups excluding carboxylic acids is 1. The number of ether oxygens (including phenoxy) is 4. The van der Waals surface area contributed by atoms with Crippen molar-refractivity contribution >= 4 is 11.7 Å². The molecule has 30 heavy (non-hydrogen) atoms. The van der Waals surface area contributed by atoms with Crippen molar-refractivity contribution in [2.24, 2.45) is 0 Å². The average Bonchev–Trinajstić information content (AvgIpc) is 3.42. The van der Waals surface area contributed by atoms with Crippen LogP contribution in [0.1, 0.15) is 29.2 Å². The van der Waals surface area contributed by atoms with Crippen molar-refractivity contribution in [3.63, 3.8) is 0 Å². The molecule has 0 radical (unpaired) electrons. The molecule has 3 aromatic rings. The SMILES string of the molecule is COc1cc([C@@H]2CC(=O)Nc3c2cnn3Cc2ccco2)c(OC)c2c1OCCO2. The van der Waals surface area contributed by atoms with Gasteiger partial charge in [-0.05, 0) is 18.2 Å². The number of anilines is 1. The summed E-state index contributed by atoms with van der Waals surface area (Å²) in [5, 5.41) is 7.42. The largest absolute Gasteiger partial charge is 0.493 e. The van der Waals surface area contributed by atoms with Crippen molar-refractivity contribution < 1.29 is 28.2 Å². The second-order valence-electron chi connectivity index (χ2n) is 7.05. The second-order valence-corrected chi connectivity index (χ2v) is 7.05. The van der Waals surface area contributed by atoms with Gasteiger partial charge in [0.1, 0.15) is 31.3 Å². The summed E-state index contributed by atoms with van der Waals surface area (Å²) in [6, 6.07) is 5.53. The van der Waals surface area contributed by atoms with Gasteiger partial charge in [-0.1, -0.05) is 0 Å². The monoisotopic (exact) mass is 411 g/mol. The minimum atomic E-state index is -0.279. The predicted molar refractivity (Wildman–Crippen MR) is 106 cm³/mol. The van der Waals surface area contributed by atoms with E-state index in [-0.39, 0.29) is 18.2 Å². The molecule has 1 N–H and O–H groups in total. The highest BCUT2D eigenvalue weighted by Crippen LogP contribution is 2.52. The van der Waals surface area contributed by atoms with Crippen LogP contribution in [0.25, 0.3) is 0 Å². The zero-order valence-corrected chi connectivity index (χ0v) is 16.6. The molecular weight excluding hydrogens is 390 g/mol. The number of furan rings is 1. The van der Waals surface area contributed by atoms with Gasteiger partial charge < -0.3 is 28.7 Å². The van der Waals surface area contributed by atoms with Gasteiger partial charge in [-0.3, -0.25) is 4.79 Å². The molecule has 1 atom stereocenters. The number of hydrogen-bond acceptors (Lipinski definition) is 7. The maximum absolute atomic E-state index is 12.6. The van der Waals surface area contributed by atoms with E-state index in [1.807, 2.05) is 18.2 Å². The molecule has 5 rings (SSSR count). The average molecular weight is 411 g/mol. The molecule has 0 aliphatic carbocycles.